The minimum Gasteiger partial charge on any atom is -0.257 e. The largest absolute Gasteiger partial charge is 0.320 e. The lowest BCUT2D eigenvalue weighted by atomic mass is 10.7. The Labute approximate surface area is 58.6 Å². The van der Waals surface area contributed by atoms with Gasteiger partial charge in [-0.05, 0) is 27.6 Å². The average molecular weight is 163 g/mol. The van der Waals surface area contributed by atoms with E-state index in [1.54, 1.807) is 6.92 Å². The van der Waals surface area contributed by atoms with Crippen LogP contribution in [0.4, 0.5) is 0 Å². The van der Waals surface area contributed by atoms with E-state index in [0.29, 0.717) is 6.54 Å². The van der Waals surface area contributed by atoms with Crippen LogP contribution in [0, 0.1) is 0 Å². The molecule has 0 aliphatic heterocycles. The predicted molar refractivity (Wildman–Crippen MR) is 38.4 cm³/mol. The van der Waals surface area contributed by atoms with Crippen molar-refractivity contribution in [1.29, 1.82) is 0 Å². The summed E-state index contributed by atoms with van der Waals surface area (Å²) in [5.41, 5.74) is 0. The van der Waals surface area contributed by atoms with E-state index in [1.807, 2.05) is 0 Å². The third-order valence-electron chi connectivity index (χ3n) is 0.941. The Kier molecular flexibility index (Phi) is 1.82. The van der Waals surface area contributed by atoms with Crippen LogP contribution in [0.3, 0.4) is 0 Å². The number of aromatic nitrogens is 1. The first-order valence-corrected chi connectivity index (χ1v) is 4.60. The highest BCUT2D eigenvalue weighted by Gasteiger charge is 1.98. The third-order valence-corrected chi connectivity index (χ3v) is 2.86. The highest BCUT2D eigenvalue weighted by molar-refractivity contribution is 7.67. The smallest absolute Gasteiger partial charge is 0.257 e. The third kappa shape index (κ3) is 1.11. The molecule has 0 saturated carbocycles. The second-order valence-corrected chi connectivity index (χ2v) is 3.47. The molecule has 0 aliphatic rings. The summed E-state index contributed by atoms with van der Waals surface area (Å²) in [7, 11) is 1.98. The van der Waals surface area contributed by atoms with Crippen LogP contribution in [0.2, 0.25) is 0 Å². The van der Waals surface area contributed by atoms with E-state index >= 15 is 0 Å². The molecule has 1 rings (SSSR count). The van der Waals surface area contributed by atoms with E-state index in [2.05, 4.69) is 0 Å². The van der Waals surface area contributed by atoms with Gasteiger partial charge >= 0.3 is 9.75 Å². The Morgan fingerprint density at radius 1 is 1.33 bits per heavy atom. The second-order valence-electron chi connectivity index (χ2n) is 1.44. The van der Waals surface area contributed by atoms with Crippen LogP contribution in [0.5, 0.6) is 0 Å². The molecule has 1 aromatic rings. The van der Waals surface area contributed by atoms with Gasteiger partial charge in [0.05, 0.1) is 0 Å². The lowest BCUT2D eigenvalue weighted by Gasteiger charge is -1.85. The Balaban J connectivity index is 3.41. The Bertz CT molecular complexity index is 267. The lowest BCUT2D eigenvalue weighted by Crippen LogP contribution is -2.22. The fraction of sp³-hybridized carbons (Fsp3) is 0.500. The summed E-state index contributed by atoms with van der Waals surface area (Å²) in [6.45, 7) is 2.26. The van der Waals surface area contributed by atoms with Gasteiger partial charge in [-0.3, -0.25) is 14.2 Å². The van der Waals surface area contributed by atoms with Crippen LogP contribution in [-0.4, -0.2) is 4.57 Å². The van der Waals surface area contributed by atoms with Gasteiger partial charge in [-0.1, -0.05) is 0 Å². The maximum Gasteiger partial charge on any atom is 0.320 e. The molecular formula is C4H5NO2S2. The van der Waals surface area contributed by atoms with Crippen LogP contribution in [0.25, 0.3) is 0 Å². The average Bonchev–Trinajstić information content (AvgIpc) is 2.12. The van der Waals surface area contributed by atoms with Gasteiger partial charge in [0, 0.05) is 6.54 Å². The predicted octanol–water partition coefficient (Wildman–Crippen LogP) is 0.351. The number of rotatable bonds is 1. The molecule has 0 bridgehead atoms. The van der Waals surface area contributed by atoms with Crippen LogP contribution in [0.1, 0.15) is 6.92 Å². The summed E-state index contributed by atoms with van der Waals surface area (Å²) in [5.74, 6) is 0. The summed E-state index contributed by atoms with van der Waals surface area (Å²) in [6, 6.07) is 0. The van der Waals surface area contributed by atoms with E-state index in [0.717, 1.165) is 20.7 Å². The fourth-order valence-electron chi connectivity index (χ4n) is 0.494. The van der Waals surface area contributed by atoms with Crippen molar-refractivity contribution in [1.82, 2.24) is 4.57 Å². The maximum atomic E-state index is 10.7. The molecule has 0 radical (unpaired) electrons. The molecule has 3 nitrogen and oxygen atoms in total. The molecule has 0 amide bonds. The van der Waals surface area contributed by atoms with Crippen molar-refractivity contribution >= 4 is 20.7 Å². The minimum absolute atomic E-state index is 0.146. The van der Waals surface area contributed by atoms with Gasteiger partial charge in [0.1, 0.15) is 0 Å². The summed E-state index contributed by atoms with van der Waals surface area (Å²) >= 11 is 0. The number of nitrogens with zero attached hydrogens (tertiary/aromatic N) is 1. The highest BCUT2D eigenvalue weighted by atomic mass is 32.9. The minimum atomic E-state index is -0.146. The first kappa shape index (κ1) is 6.70. The van der Waals surface area contributed by atoms with E-state index in [9.17, 15) is 9.59 Å². The van der Waals surface area contributed by atoms with Crippen LogP contribution < -0.4 is 9.75 Å². The molecule has 1 heterocycles. The van der Waals surface area contributed by atoms with E-state index in [-0.39, 0.29) is 9.75 Å². The zero-order valence-electron chi connectivity index (χ0n) is 4.79. The summed E-state index contributed by atoms with van der Waals surface area (Å²) < 4.78 is 1.22. The van der Waals surface area contributed by atoms with Crippen molar-refractivity contribution < 1.29 is 0 Å². The number of hydrogen-bond acceptors (Lipinski definition) is 4. The lowest BCUT2D eigenvalue weighted by molar-refractivity contribution is 0.731. The van der Waals surface area contributed by atoms with Crippen molar-refractivity contribution in [2.24, 2.45) is 0 Å². The molecule has 1 aromatic heterocycles. The van der Waals surface area contributed by atoms with Gasteiger partial charge in [-0.25, -0.2) is 0 Å². The molecule has 5 heteroatoms. The van der Waals surface area contributed by atoms with Crippen LogP contribution in [-0.2, 0) is 6.54 Å². The second kappa shape index (κ2) is 2.45. The van der Waals surface area contributed by atoms with Crippen molar-refractivity contribution in [2.45, 2.75) is 13.5 Å². The van der Waals surface area contributed by atoms with Gasteiger partial charge < -0.3 is 0 Å². The van der Waals surface area contributed by atoms with E-state index < -0.39 is 0 Å². The highest BCUT2D eigenvalue weighted by Crippen LogP contribution is 1.89. The molecule has 0 N–H and O–H groups in total. The van der Waals surface area contributed by atoms with Gasteiger partial charge in [0.15, 0.2) is 0 Å². The van der Waals surface area contributed by atoms with Crippen molar-refractivity contribution in [3.8, 4) is 0 Å². The van der Waals surface area contributed by atoms with Crippen LogP contribution >= 0.6 is 20.7 Å². The zero-order chi connectivity index (χ0) is 6.85. The summed E-state index contributed by atoms with van der Waals surface area (Å²) in [4.78, 5) is 21.0. The SMILES string of the molecule is CCn1c(=O)ssc1=O. The Hall–Kier alpha value is -0.420. The molecule has 50 valence electrons. The van der Waals surface area contributed by atoms with Gasteiger partial charge in [0.2, 0.25) is 0 Å². The molecule has 0 aromatic carbocycles. The normalized spacial score (nSPS) is 9.89. The quantitative estimate of drug-likeness (QED) is 0.560. The molecule has 0 saturated heterocycles. The molecule has 0 aliphatic carbocycles. The van der Waals surface area contributed by atoms with Crippen molar-refractivity contribution in [2.75, 3.05) is 0 Å². The first-order chi connectivity index (χ1) is 4.25. The summed E-state index contributed by atoms with van der Waals surface area (Å²) in [6.07, 6.45) is 0. The molecule has 0 fully saturated rings. The molecule has 0 atom stereocenters. The molecule has 0 unspecified atom stereocenters. The van der Waals surface area contributed by atoms with Gasteiger partial charge in [-0.2, -0.15) is 0 Å². The standard InChI is InChI=1S/C4H5NO2S2/c1-2-5-3(6)8-9-4(5)7/h2H2,1H3. The maximum absolute atomic E-state index is 10.7. The fourth-order valence-corrected chi connectivity index (χ4v) is 2.27. The van der Waals surface area contributed by atoms with Crippen molar-refractivity contribution in [3.63, 3.8) is 0 Å². The summed E-state index contributed by atoms with van der Waals surface area (Å²) in [5, 5.41) is 0. The molecule has 9 heavy (non-hydrogen) atoms. The van der Waals surface area contributed by atoms with Gasteiger partial charge in [0.25, 0.3) is 0 Å². The molecule has 0 spiro atoms. The molecular weight excluding hydrogens is 158 g/mol. The van der Waals surface area contributed by atoms with Crippen molar-refractivity contribution in [3.05, 3.63) is 19.3 Å². The van der Waals surface area contributed by atoms with E-state index in [4.69, 9.17) is 0 Å². The Morgan fingerprint density at radius 3 is 2.00 bits per heavy atom. The zero-order valence-corrected chi connectivity index (χ0v) is 6.42. The number of hydrogen-bond donors (Lipinski definition) is 0. The van der Waals surface area contributed by atoms with Crippen LogP contribution in [0.15, 0.2) is 9.59 Å². The van der Waals surface area contributed by atoms with Gasteiger partial charge in [-0.15, -0.1) is 0 Å². The topological polar surface area (TPSA) is 39.1 Å². The van der Waals surface area contributed by atoms with E-state index in [1.165, 1.54) is 4.57 Å². The monoisotopic (exact) mass is 163 g/mol. The first-order valence-electron chi connectivity index (χ1n) is 2.45. The Morgan fingerprint density at radius 2 is 1.78 bits per heavy atom.